The summed E-state index contributed by atoms with van der Waals surface area (Å²) in [4.78, 5) is 14.4. The van der Waals surface area contributed by atoms with E-state index in [0.29, 0.717) is 23.8 Å². The summed E-state index contributed by atoms with van der Waals surface area (Å²) in [6, 6.07) is 23.7. The summed E-state index contributed by atoms with van der Waals surface area (Å²) in [7, 11) is -3.84. The number of hydrogen-bond donors (Lipinski definition) is 1. The molecule has 32 heavy (non-hydrogen) atoms. The highest BCUT2D eigenvalue weighted by Crippen LogP contribution is 2.35. The molecule has 0 atom stereocenters. The summed E-state index contributed by atoms with van der Waals surface area (Å²) in [6.07, 6.45) is 0. The normalized spacial score (nSPS) is 14.4. The molecule has 164 valence electrons. The number of thioether (sulfide) groups is 1. The van der Waals surface area contributed by atoms with Crippen molar-refractivity contribution in [2.75, 3.05) is 10.7 Å². The van der Waals surface area contributed by atoms with Crippen LogP contribution in [0.1, 0.15) is 11.1 Å². The minimum absolute atomic E-state index is 0.0371. The van der Waals surface area contributed by atoms with E-state index in [9.17, 15) is 13.2 Å². The van der Waals surface area contributed by atoms with E-state index in [4.69, 9.17) is 11.6 Å². The fraction of sp³-hybridized carbons (Fsp3) is 0.130. The minimum atomic E-state index is -3.84. The van der Waals surface area contributed by atoms with Crippen molar-refractivity contribution >= 4 is 50.1 Å². The van der Waals surface area contributed by atoms with Gasteiger partial charge in [-0.15, -0.1) is 4.40 Å². The standard InChI is InChI=1S/C23H20ClN3O3S2/c24-19-12-10-17(11-13-19)14-25-22(28)16-31-23-26-32(29,30)21-9-5-4-8-20(21)27(23)15-18-6-2-1-3-7-18/h1-13H,14-16H2,(H,25,28). The van der Waals surface area contributed by atoms with Crippen molar-refractivity contribution < 1.29 is 13.2 Å². The third kappa shape index (κ3) is 5.32. The maximum absolute atomic E-state index is 12.7. The summed E-state index contributed by atoms with van der Waals surface area (Å²) in [6.45, 7) is 0.795. The quantitative estimate of drug-likeness (QED) is 0.558. The molecule has 6 nitrogen and oxygen atoms in total. The van der Waals surface area contributed by atoms with Crippen molar-refractivity contribution in [2.24, 2.45) is 4.40 Å². The Morgan fingerprint density at radius 3 is 2.38 bits per heavy atom. The molecule has 3 aromatic carbocycles. The van der Waals surface area contributed by atoms with Crippen molar-refractivity contribution in [3.8, 4) is 0 Å². The van der Waals surface area contributed by atoms with Gasteiger partial charge in [-0.2, -0.15) is 8.42 Å². The number of benzene rings is 3. The Labute approximate surface area is 196 Å². The first-order valence-corrected chi connectivity index (χ1v) is 12.6. The molecule has 1 N–H and O–H groups in total. The Hall–Kier alpha value is -2.81. The number of anilines is 1. The van der Waals surface area contributed by atoms with Gasteiger partial charge in [-0.1, -0.05) is 78.0 Å². The number of nitrogens with zero attached hydrogens (tertiary/aromatic N) is 2. The topological polar surface area (TPSA) is 78.8 Å². The average molecular weight is 486 g/mol. The molecule has 1 amide bonds. The van der Waals surface area contributed by atoms with Gasteiger partial charge in [-0.25, -0.2) is 0 Å². The van der Waals surface area contributed by atoms with E-state index < -0.39 is 10.0 Å². The van der Waals surface area contributed by atoms with E-state index in [1.165, 1.54) is 0 Å². The van der Waals surface area contributed by atoms with Gasteiger partial charge < -0.3 is 10.2 Å². The number of sulfonamides is 1. The highest BCUT2D eigenvalue weighted by molar-refractivity contribution is 8.15. The van der Waals surface area contributed by atoms with Crippen molar-refractivity contribution in [1.82, 2.24) is 5.32 Å². The highest BCUT2D eigenvalue weighted by Gasteiger charge is 2.31. The molecular formula is C23H20ClN3O3S2. The van der Waals surface area contributed by atoms with Crippen molar-refractivity contribution in [3.63, 3.8) is 0 Å². The SMILES string of the molecule is O=C(CSC1=NS(=O)(=O)c2ccccc2N1Cc1ccccc1)NCc1ccc(Cl)cc1. The molecule has 1 heterocycles. The fourth-order valence-electron chi connectivity index (χ4n) is 3.21. The number of amidine groups is 1. The summed E-state index contributed by atoms with van der Waals surface area (Å²) in [5, 5.41) is 3.74. The molecule has 0 unspecified atom stereocenters. The van der Waals surface area contributed by atoms with Crippen molar-refractivity contribution in [1.29, 1.82) is 0 Å². The molecule has 1 aliphatic heterocycles. The second kappa shape index (κ2) is 9.77. The Morgan fingerprint density at radius 2 is 1.62 bits per heavy atom. The molecule has 3 aromatic rings. The van der Waals surface area contributed by atoms with Gasteiger partial charge in [0.05, 0.1) is 18.0 Å². The first-order valence-electron chi connectivity index (χ1n) is 9.82. The van der Waals surface area contributed by atoms with Crippen LogP contribution in [0.5, 0.6) is 0 Å². The number of carbonyl (C=O) groups excluding carboxylic acids is 1. The number of carbonyl (C=O) groups is 1. The van der Waals surface area contributed by atoms with Crippen LogP contribution in [0.25, 0.3) is 0 Å². The summed E-state index contributed by atoms with van der Waals surface area (Å²) in [5.74, 6) is -0.182. The number of para-hydroxylation sites is 1. The molecule has 0 saturated carbocycles. The van der Waals surface area contributed by atoms with Gasteiger partial charge in [0.2, 0.25) is 5.91 Å². The molecule has 0 spiro atoms. The van der Waals surface area contributed by atoms with Crippen LogP contribution in [-0.2, 0) is 27.9 Å². The van der Waals surface area contributed by atoms with Gasteiger partial charge in [0.25, 0.3) is 10.0 Å². The van der Waals surface area contributed by atoms with E-state index >= 15 is 0 Å². The maximum Gasteiger partial charge on any atom is 0.286 e. The van der Waals surface area contributed by atoms with Crippen LogP contribution in [0, 0.1) is 0 Å². The van der Waals surface area contributed by atoms with E-state index in [1.807, 2.05) is 47.4 Å². The molecule has 0 saturated heterocycles. The van der Waals surface area contributed by atoms with Crippen molar-refractivity contribution in [2.45, 2.75) is 18.0 Å². The van der Waals surface area contributed by atoms with Crippen LogP contribution in [0.15, 0.2) is 88.2 Å². The first kappa shape index (κ1) is 22.4. The van der Waals surface area contributed by atoms with E-state index in [2.05, 4.69) is 9.71 Å². The second-order valence-electron chi connectivity index (χ2n) is 7.08. The zero-order valence-electron chi connectivity index (χ0n) is 16.9. The summed E-state index contributed by atoms with van der Waals surface area (Å²) in [5.41, 5.74) is 2.47. The third-order valence-electron chi connectivity index (χ3n) is 4.78. The van der Waals surface area contributed by atoms with Crippen molar-refractivity contribution in [3.05, 3.63) is 95.0 Å². The molecule has 9 heteroatoms. The average Bonchev–Trinajstić information content (AvgIpc) is 2.80. The van der Waals surface area contributed by atoms with Crippen LogP contribution in [0.3, 0.4) is 0 Å². The van der Waals surface area contributed by atoms with Gasteiger partial charge in [-0.05, 0) is 35.4 Å². The third-order valence-corrected chi connectivity index (χ3v) is 7.44. The summed E-state index contributed by atoms with van der Waals surface area (Å²) >= 11 is 6.98. The van der Waals surface area contributed by atoms with E-state index in [-0.39, 0.29) is 21.7 Å². The minimum Gasteiger partial charge on any atom is -0.351 e. The predicted molar refractivity (Wildman–Crippen MR) is 129 cm³/mol. The molecule has 0 aliphatic carbocycles. The van der Waals surface area contributed by atoms with E-state index in [1.54, 1.807) is 36.4 Å². The fourth-order valence-corrected chi connectivity index (χ4v) is 5.62. The zero-order valence-corrected chi connectivity index (χ0v) is 19.3. The predicted octanol–water partition coefficient (Wildman–Crippen LogP) is 4.45. The Kier molecular flexibility index (Phi) is 6.83. The lowest BCUT2D eigenvalue weighted by Crippen LogP contribution is -2.35. The van der Waals surface area contributed by atoms with Gasteiger partial charge in [0.15, 0.2) is 5.17 Å². The number of rotatable bonds is 6. The smallest absolute Gasteiger partial charge is 0.286 e. The first-order chi connectivity index (χ1) is 15.4. The number of fused-ring (bicyclic) bond motifs is 1. The number of nitrogens with one attached hydrogen (secondary N) is 1. The lowest BCUT2D eigenvalue weighted by Gasteiger charge is -2.30. The van der Waals surface area contributed by atoms with Gasteiger partial charge >= 0.3 is 0 Å². The molecule has 0 radical (unpaired) electrons. The van der Waals surface area contributed by atoms with E-state index in [0.717, 1.165) is 22.9 Å². The Morgan fingerprint density at radius 1 is 0.938 bits per heavy atom. The van der Waals surface area contributed by atoms with Gasteiger partial charge in [0, 0.05) is 11.6 Å². The zero-order chi connectivity index (χ0) is 22.6. The Balaban J connectivity index is 1.50. The van der Waals surface area contributed by atoms with Gasteiger partial charge in [-0.3, -0.25) is 4.79 Å². The largest absolute Gasteiger partial charge is 0.351 e. The lowest BCUT2D eigenvalue weighted by atomic mass is 10.2. The van der Waals surface area contributed by atoms with Crippen LogP contribution in [0.2, 0.25) is 5.02 Å². The summed E-state index contributed by atoms with van der Waals surface area (Å²) < 4.78 is 29.5. The van der Waals surface area contributed by atoms with Gasteiger partial charge in [0.1, 0.15) is 4.90 Å². The van der Waals surface area contributed by atoms with Crippen LogP contribution in [-0.4, -0.2) is 25.2 Å². The Bertz CT molecular complexity index is 1250. The monoisotopic (exact) mass is 485 g/mol. The lowest BCUT2D eigenvalue weighted by molar-refractivity contribution is -0.118. The molecule has 1 aliphatic rings. The maximum atomic E-state index is 12.7. The molecule has 0 bridgehead atoms. The highest BCUT2D eigenvalue weighted by atomic mass is 35.5. The van der Waals surface area contributed by atoms with Crippen LogP contribution >= 0.6 is 23.4 Å². The molecule has 0 aromatic heterocycles. The second-order valence-corrected chi connectivity index (χ2v) is 10.0. The van der Waals surface area contributed by atoms with Crippen LogP contribution in [0.4, 0.5) is 5.69 Å². The van der Waals surface area contributed by atoms with Crippen LogP contribution < -0.4 is 10.2 Å². The number of amides is 1. The molecule has 4 rings (SSSR count). The molecule has 0 fully saturated rings. The molecular weight excluding hydrogens is 466 g/mol. The number of hydrogen-bond acceptors (Lipinski definition) is 5. The number of halogens is 1.